The van der Waals surface area contributed by atoms with Crippen molar-refractivity contribution < 1.29 is 0 Å². The fourth-order valence-electron chi connectivity index (χ4n) is 1.88. The Morgan fingerprint density at radius 3 is 2.42 bits per heavy atom. The lowest BCUT2D eigenvalue weighted by molar-refractivity contribution is 1.04. The largest absolute Gasteiger partial charge is 0.279 e. The lowest BCUT2D eigenvalue weighted by atomic mass is 10.0. The Labute approximate surface area is 115 Å². The second-order valence-electron chi connectivity index (χ2n) is 4.89. The highest BCUT2D eigenvalue weighted by molar-refractivity contribution is 5.68. The van der Waals surface area contributed by atoms with Crippen LogP contribution in [0.1, 0.15) is 29.5 Å². The fourth-order valence-corrected chi connectivity index (χ4v) is 1.88. The van der Waals surface area contributed by atoms with Gasteiger partial charge in [-0.1, -0.05) is 43.3 Å². The summed E-state index contributed by atoms with van der Waals surface area (Å²) in [5.41, 5.74) is 7.95. The molecule has 2 nitrogen and oxygen atoms in total. The molecule has 2 aromatic rings. The molecule has 0 heterocycles. The number of benzene rings is 2. The van der Waals surface area contributed by atoms with E-state index in [0.717, 1.165) is 5.69 Å². The zero-order valence-corrected chi connectivity index (χ0v) is 11.7. The maximum atomic E-state index is 4.31. The Kier molecular flexibility index (Phi) is 4.35. The van der Waals surface area contributed by atoms with Crippen molar-refractivity contribution in [3.8, 4) is 0 Å². The van der Waals surface area contributed by atoms with Crippen LogP contribution in [0.15, 0.2) is 53.6 Å². The average Bonchev–Trinajstić information content (AvgIpc) is 2.43. The highest BCUT2D eigenvalue weighted by atomic mass is 15.3. The van der Waals surface area contributed by atoms with E-state index in [0.29, 0.717) is 5.92 Å². The van der Waals surface area contributed by atoms with Gasteiger partial charge in [-0.3, -0.25) is 5.43 Å². The first-order valence-corrected chi connectivity index (χ1v) is 6.58. The van der Waals surface area contributed by atoms with E-state index >= 15 is 0 Å². The molecule has 0 aliphatic carbocycles. The molecule has 2 heteroatoms. The van der Waals surface area contributed by atoms with Crippen molar-refractivity contribution in [2.45, 2.75) is 26.7 Å². The van der Waals surface area contributed by atoms with Crippen LogP contribution < -0.4 is 5.43 Å². The Bertz CT molecular complexity index is 559. The van der Waals surface area contributed by atoms with Crippen molar-refractivity contribution >= 4 is 11.9 Å². The molecule has 0 bridgehead atoms. The number of hydrogen-bond donors (Lipinski definition) is 1. The molecule has 0 fully saturated rings. The molecule has 0 aliphatic rings. The molecule has 0 aliphatic heterocycles. The number of nitrogens with one attached hydrogen (secondary N) is 1. The molecule has 0 amide bonds. The van der Waals surface area contributed by atoms with Gasteiger partial charge < -0.3 is 0 Å². The van der Waals surface area contributed by atoms with Crippen molar-refractivity contribution in [3.63, 3.8) is 0 Å². The molecule has 0 saturated carbocycles. The fraction of sp³-hybridized carbons (Fsp3) is 0.235. The van der Waals surface area contributed by atoms with E-state index in [1.165, 1.54) is 16.7 Å². The van der Waals surface area contributed by atoms with Gasteiger partial charge in [0, 0.05) is 12.1 Å². The highest BCUT2D eigenvalue weighted by Crippen LogP contribution is 2.15. The summed E-state index contributed by atoms with van der Waals surface area (Å²) in [5.74, 6) is 0.306. The van der Waals surface area contributed by atoms with Gasteiger partial charge in [-0.05, 0) is 42.7 Å². The monoisotopic (exact) mass is 252 g/mol. The number of hydrogen-bond acceptors (Lipinski definition) is 2. The van der Waals surface area contributed by atoms with Gasteiger partial charge in [0.1, 0.15) is 0 Å². The molecule has 0 saturated heterocycles. The zero-order chi connectivity index (χ0) is 13.7. The zero-order valence-electron chi connectivity index (χ0n) is 11.7. The van der Waals surface area contributed by atoms with Crippen LogP contribution in [0.25, 0.3) is 0 Å². The minimum absolute atomic E-state index is 0.306. The summed E-state index contributed by atoms with van der Waals surface area (Å²) < 4.78 is 0. The first kappa shape index (κ1) is 13.3. The summed E-state index contributed by atoms with van der Waals surface area (Å²) in [4.78, 5) is 0. The lowest BCUT2D eigenvalue weighted by Gasteiger charge is -2.07. The number of hydrazone groups is 1. The van der Waals surface area contributed by atoms with Crippen LogP contribution in [0, 0.1) is 13.8 Å². The first-order valence-electron chi connectivity index (χ1n) is 6.58. The van der Waals surface area contributed by atoms with Gasteiger partial charge >= 0.3 is 0 Å². The van der Waals surface area contributed by atoms with Crippen molar-refractivity contribution in [1.82, 2.24) is 0 Å². The van der Waals surface area contributed by atoms with Gasteiger partial charge in [0.05, 0.1) is 5.69 Å². The standard InChI is InChI=1S/C17H20N2/c1-13-9-10-17(11-14(13)2)19-18-12-15(3)16-7-5-4-6-8-16/h4-12,15,19H,1-3H3. The predicted octanol–water partition coefficient (Wildman–Crippen LogP) is 4.50. The van der Waals surface area contributed by atoms with E-state index in [4.69, 9.17) is 0 Å². The van der Waals surface area contributed by atoms with E-state index < -0.39 is 0 Å². The van der Waals surface area contributed by atoms with Crippen LogP contribution in [0.3, 0.4) is 0 Å². The van der Waals surface area contributed by atoms with Crippen molar-refractivity contribution in [3.05, 3.63) is 65.2 Å². The third-order valence-electron chi connectivity index (χ3n) is 3.32. The SMILES string of the molecule is Cc1ccc(NN=CC(C)c2ccccc2)cc1C. The van der Waals surface area contributed by atoms with Crippen molar-refractivity contribution in [2.24, 2.45) is 5.10 Å². The Morgan fingerprint density at radius 2 is 1.74 bits per heavy atom. The topological polar surface area (TPSA) is 24.4 Å². The van der Waals surface area contributed by atoms with Gasteiger partial charge in [-0.2, -0.15) is 5.10 Å². The normalized spacial score (nSPS) is 12.6. The van der Waals surface area contributed by atoms with Crippen LogP contribution in [-0.2, 0) is 0 Å². The second kappa shape index (κ2) is 6.19. The van der Waals surface area contributed by atoms with Crippen molar-refractivity contribution in [1.29, 1.82) is 0 Å². The second-order valence-corrected chi connectivity index (χ2v) is 4.89. The van der Waals surface area contributed by atoms with Gasteiger partial charge in [0.15, 0.2) is 0 Å². The number of anilines is 1. The molecule has 2 rings (SSSR count). The maximum Gasteiger partial charge on any atom is 0.0564 e. The predicted molar refractivity (Wildman–Crippen MR) is 82.9 cm³/mol. The molecule has 98 valence electrons. The number of aryl methyl sites for hydroxylation is 2. The quantitative estimate of drug-likeness (QED) is 0.628. The Morgan fingerprint density at radius 1 is 1.00 bits per heavy atom. The van der Waals surface area contributed by atoms with Crippen molar-refractivity contribution in [2.75, 3.05) is 5.43 Å². The van der Waals surface area contributed by atoms with Gasteiger partial charge in [0.2, 0.25) is 0 Å². The van der Waals surface area contributed by atoms with E-state index in [9.17, 15) is 0 Å². The smallest absolute Gasteiger partial charge is 0.0564 e. The van der Waals surface area contributed by atoms with Crippen LogP contribution in [0.4, 0.5) is 5.69 Å². The summed E-state index contributed by atoms with van der Waals surface area (Å²) in [6.07, 6.45) is 1.94. The summed E-state index contributed by atoms with van der Waals surface area (Å²) in [6.45, 7) is 6.36. The molecule has 1 atom stereocenters. The Hall–Kier alpha value is -2.09. The molecular weight excluding hydrogens is 232 g/mol. The van der Waals surface area contributed by atoms with E-state index in [2.05, 4.69) is 67.7 Å². The maximum absolute atomic E-state index is 4.31. The molecule has 1 N–H and O–H groups in total. The minimum Gasteiger partial charge on any atom is -0.279 e. The van der Waals surface area contributed by atoms with Crippen LogP contribution in [-0.4, -0.2) is 6.21 Å². The third-order valence-corrected chi connectivity index (χ3v) is 3.32. The third kappa shape index (κ3) is 3.68. The van der Waals surface area contributed by atoms with Gasteiger partial charge in [-0.25, -0.2) is 0 Å². The number of rotatable bonds is 4. The van der Waals surface area contributed by atoms with Crippen LogP contribution in [0.5, 0.6) is 0 Å². The number of nitrogens with zero attached hydrogens (tertiary/aromatic N) is 1. The molecule has 0 aromatic heterocycles. The molecule has 0 radical (unpaired) electrons. The van der Waals surface area contributed by atoms with Crippen LogP contribution in [0.2, 0.25) is 0 Å². The molecular formula is C17H20N2. The molecule has 19 heavy (non-hydrogen) atoms. The Balaban J connectivity index is 1.98. The van der Waals surface area contributed by atoms with E-state index in [1.54, 1.807) is 0 Å². The summed E-state index contributed by atoms with van der Waals surface area (Å²) in [6, 6.07) is 16.6. The summed E-state index contributed by atoms with van der Waals surface area (Å²) in [7, 11) is 0. The van der Waals surface area contributed by atoms with E-state index in [-0.39, 0.29) is 0 Å². The molecule has 1 unspecified atom stereocenters. The average molecular weight is 252 g/mol. The molecule has 2 aromatic carbocycles. The summed E-state index contributed by atoms with van der Waals surface area (Å²) >= 11 is 0. The highest BCUT2D eigenvalue weighted by Gasteiger charge is 2.00. The van der Waals surface area contributed by atoms with E-state index in [1.807, 2.05) is 18.3 Å². The van der Waals surface area contributed by atoms with Gasteiger partial charge in [0.25, 0.3) is 0 Å². The minimum atomic E-state index is 0.306. The van der Waals surface area contributed by atoms with Gasteiger partial charge in [-0.15, -0.1) is 0 Å². The van der Waals surface area contributed by atoms with Crippen LogP contribution >= 0.6 is 0 Å². The summed E-state index contributed by atoms with van der Waals surface area (Å²) in [5, 5.41) is 4.31. The first-order chi connectivity index (χ1) is 9.16. The molecule has 0 spiro atoms. The lowest BCUT2D eigenvalue weighted by Crippen LogP contribution is -1.97.